The topological polar surface area (TPSA) is 50.3 Å². The first-order valence-corrected chi connectivity index (χ1v) is 7.02. The van der Waals surface area contributed by atoms with E-state index in [1.54, 1.807) is 0 Å². The molecule has 1 heterocycles. The molecule has 1 aromatic heterocycles. The van der Waals surface area contributed by atoms with E-state index in [0.717, 1.165) is 5.82 Å². The van der Waals surface area contributed by atoms with Gasteiger partial charge in [-0.05, 0) is 34.2 Å². The minimum absolute atomic E-state index is 0.0374. The first-order valence-electron chi connectivity index (χ1n) is 5.80. The maximum Gasteiger partial charge on any atom is 0.219 e. The van der Waals surface area contributed by atoms with Crippen LogP contribution in [0.25, 0.3) is 0 Å². The number of likely N-dealkylation sites (N-methyl/N-ethyl adjacent to an activating group) is 1. The van der Waals surface area contributed by atoms with Crippen molar-refractivity contribution >= 4 is 17.6 Å². The molecule has 0 saturated carbocycles. The molecule has 5 nitrogen and oxygen atoms in total. The second kappa shape index (κ2) is 6.24. The number of nitrogens with zero attached hydrogens (tertiary/aromatic N) is 3. The molecule has 0 amide bonds. The summed E-state index contributed by atoms with van der Waals surface area (Å²) in [5, 5.41) is 3.72. The van der Waals surface area contributed by atoms with Crippen LogP contribution in [0.2, 0.25) is 0 Å². The summed E-state index contributed by atoms with van der Waals surface area (Å²) in [5.41, 5.74) is -0.0374. The molecule has 1 aromatic rings. The van der Waals surface area contributed by atoms with Crippen LogP contribution in [-0.4, -0.2) is 54.4 Å². The van der Waals surface area contributed by atoms with Gasteiger partial charge in [-0.1, -0.05) is 11.8 Å². The zero-order valence-corrected chi connectivity index (χ0v) is 12.8. The lowest BCUT2D eigenvalue weighted by Gasteiger charge is -2.31. The molecule has 0 unspecified atom stereocenters. The molecule has 0 aliphatic rings. The third-order valence-electron chi connectivity index (χ3n) is 2.90. The van der Waals surface area contributed by atoms with Crippen molar-refractivity contribution in [3.63, 3.8) is 0 Å². The largest absolute Gasteiger partial charge is 0.476 e. The molecule has 0 aliphatic heterocycles. The van der Waals surface area contributed by atoms with Crippen LogP contribution in [0.4, 0.5) is 5.82 Å². The molecule has 0 spiro atoms. The van der Waals surface area contributed by atoms with Crippen molar-refractivity contribution in [1.29, 1.82) is 0 Å². The molecule has 6 heteroatoms. The lowest BCUT2D eigenvalue weighted by atomic mass is 10.1. The van der Waals surface area contributed by atoms with E-state index in [2.05, 4.69) is 34.0 Å². The molecule has 0 fully saturated rings. The van der Waals surface area contributed by atoms with E-state index in [9.17, 15) is 0 Å². The van der Waals surface area contributed by atoms with Crippen LogP contribution in [0, 0.1) is 0 Å². The predicted octanol–water partition coefficient (Wildman–Crippen LogP) is 1.96. The first kappa shape index (κ1) is 15.0. The van der Waals surface area contributed by atoms with E-state index < -0.39 is 0 Å². The summed E-state index contributed by atoms with van der Waals surface area (Å²) < 4.78 is 5.77. The van der Waals surface area contributed by atoms with Crippen molar-refractivity contribution in [3.05, 3.63) is 6.07 Å². The van der Waals surface area contributed by atoms with Crippen LogP contribution in [0.3, 0.4) is 0 Å². The highest BCUT2D eigenvalue weighted by molar-refractivity contribution is 7.98. The highest BCUT2D eigenvalue weighted by Gasteiger charge is 2.21. The van der Waals surface area contributed by atoms with E-state index in [1.807, 2.05) is 33.5 Å². The van der Waals surface area contributed by atoms with Gasteiger partial charge in [-0.2, -0.15) is 4.98 Å². The minimum Gasteiger partial charge on any atom is -0.476 e. The van der Waals surface area contributed by atoms with E-state index in [1.165, 1.54) is 11.8 Å². The van der Waals surface area contributed by atoms with Gasteiger partial charge in [0.05, 0.1) is 0 Å². The summed E-state index contributed by atoms with van der Waals surface area (Å²) in [6, 6.07) is 1.81. The number of thioether (sulfide) groups is 1. The third kappa shape index (κ3) is 4.03. The van der Waals surface area contributed by atoms with Crippen molar-refractivity contribution in [2.45, 2.75) is 24.5 Å². The Morgan fingerprint density at radius 1 is 1.39 bits per heavy atom. The molecule has 0 saturated heterocycles. The number of aromatic nitrogens is 2. The van der Waals surface area contributed by atoms with Crippen LogP contribution in [0.1, 0.15) is 13.8 Å². The van der Waals surface area contributed by atoms with E-state index in [4.69, 9.17) is 4.74 Å². The molecule has 102 valence electrons. The summed E-state index contributed by atoms with van der Waals surface area (Å²) in [6.45, 7) is 4.83. The zero-order chi connectivity index (χ0) is 13.8. The SMILES string of the molecule is CNc1cc(OCC(C)(C)N(C)C)nc(SC)n1. The molecule has 0 atom stereocenters. The Bertz CT molecular complexity index is 373. The quantitative estimate of drug-likeness (QED) is 0.630. The monoisotopic (exact) mass is 270 g/mol. The van der Waals surface area contributed by atoms with Gasteiger partial charge in [-0.15, -0.1) is 0 Å². The molecule has 0 aliphatic carbocycles. The summed E-state index contributed by atoms with van der Waals surface area (Å²) in [6.07, 6.45) is 1.95. The van der Waals surface area contributed by atoms with Crippen molar-refractivity contribution in [2.75, 3.05) is 39.3 Å². The normalized spacial score (nSPS) is 11.7. The lowest BCUT2D eigenvalue weighted by molar-refractivity contribution is 0.110. The van der Waals surface area contributed by atoms with E-state index in [-0.39, 0.29) is 5.54 Å². The summed E-state index contributed by atoms with van der Waals surface area (Å²) in [5.74, 6) is 1.38. The number of anilines is 1. The first-order chi connectivity index (χ1) is 8.39. The third-order valence-corrected chi connectivity index (χ3v) is 3.45. The lowest BCUT2D eigenvalue weighted by Crippen LogP contribution is -2.43. The number of hydrogen-bond acceptors (Lipinski definition) is 6. The van der Waals surface area contributed by atoms with E-state index in [0.29, 0.717) is 17.6 Å². The van der Waals surface area contributed by atoms with Crippen LogP contribution in [0.15, 0.2) is 11.2 Å². The number of hydrogen-bond donors (Lipinski definition) is 1. The maximum absolute atomic E-state index is 5.77. The van der Waals surface area contributed by atoms with Gasteiger partial charge in [0.25, 0.3) is 0 Å². The number of nitrogens with one attached hydrogen (secondary N) is 1. The van der Waals surface area contributed by atoms with Crippen LogP contribution < -0.4 is 10.1 Å². The van der Waals surface area contributed by atoms with Gasteiger partial charge in [-0.25, -0.2) is 4.98 Å². The van der Waals surface area contributed by atoms with Gasteiger partial charge in [-0.3, -0.25) is 0 Å². The second-order valence-electron chi connectivity index (χ2n) is 4.82. The van der Waals surface area contributed by atoms with Gasteiger partial charge in [0.1, 0.15) is 12.4 Å². The second-order valence-corrected chi connectivity index (χ2v) is 5.60. The van der Waals surface area contributed by atoms with E-state index >= 15 is 0 Å². The Morgan fingerprint density at radius 2 is 2.06 bits per heavy atom. The molecule has 18 heavy (non-hydrogen) atoms. The number of ether oxygens (including phenoxy) is 1. The molecular weight excluding hydrogens is 248 g/mol. The predicted molar refractivity (Wildman–Crippen MR) is 76.6 cm³/mol. The molecule has 0 bridgehead atoms. The van der Waals surface area contributed by atoms with Crippen molar-refractivity contribution in [2.24, 2.45) is 0 Å². The summed E-state index contributed by atoms with van der Waals surface area (Å²) >= 11 is 1.50. The van der Waals surface area contributed by atoms with Crippen LogP contribution in [-0.2, 0) is 0 Å². The minimum atomic E-state index is -0.0374. The van der Waals surface area contributed by atoms with Crippen LogP contribution in [0.5, 0.6) is 5.88 Å². The Labute approximate surface area is 113 Å². The fourth-order valence-corrected chi connectivity index (χ4v) is 1.45. The molecule has 0 radical (unpaired) electrons. The van der Waals surface area contributed by atoms with Gasteiger partial charge in [0, 0.05) is 18.7 Å². The Morgan fingerprint density at radius 3 is 2.56 bits per heavy atom. The highest BCUT2D eigenvalue weighted by atomic mass is 32.2. The highest BCUT2D eigenvalue weighted by Crippen LogP contribution is 2.20. The zero-order valence-electron chi connectivity index (χ0n) is 11.9. The molecule has 1 rings (SSSR count). The van der Waals surface area contributed by atoms with Gasteiger partial charge in [0.15, 0.2) is 5.16 Å². The van der Waals surface area contributed by atoms with Gasteiger partial charge in [0.2, 0.25) is 5.88 Å². The fourth-order valence-electron chi connectivity index (χ4n) is 1.08. The molecule has 1 N–H and O–H groups in total. The van der Waals surface area contributed by atoms with Crippen LogP contribution >= 0.6 is 11.8 Å². The van der Waals surface area contributed by atoms with Crippen molar-refractivity contribution in [3.8, 4) is 5.88 Å². The smallest absolute Gasteiger partial charge is 0.219 e. The summed E-state index contributed by atoms with van der Waals surface area (Å²) in [4.78, 5) is 10.8. The number of rotatable bonds is 6. The van der Waals surface area contributed by atoms with Crippen molar-refractivity contribution < 1.29 is 4.74 Å². The standard InChI is InChI=1S/C12H22N4OS/c1-12(2,16(4)5)8-17-10-7-9(13-3)14-11(15-10)18-6/h7H,8H2,1-6H3,(H,13,14,15). The Balaban J connectivity index is 2.78. The molecular formula is C12H22N4OS. The Hall–Kier alpha value is -1.01. The maximum atomic E-state index is 5.77. The van der Waals surface area contributed by atoms with Gasteiger partial charge >= 0.3 is 0 Å². The Kier molecular flexibility index (Phi) is 5.22. The fraction of sp³-hybridized carbons (Fsp3) is 0.667. The van der Waals surface area contributed by atoms with Gasteiger partial charge < -0.3 is 15.0 Å². The summed E-state index contributed by atoms with van der Waals surface area (Å²) in [7, 11) is 5.91. The average molecular weight is 270 g/mol. The molecule has 0 aromatic carbocycles. The average Bonchev–Trinajstić information content (AvgIpc) is 2.35. The van der Waals surface area contributed by atoms with Crippen molar-refractivity contribution in [1.82, 2.24) is 14.9 Å².